The molecule has 3 heteroatoms. The van der Waals surface area contributed by atoms with Crippen molar-refractivity contribution in [1.29, 1.82) is 0 Å². The third-order valence-corrected chi connectivity index (χ3v) is 4.24. The van der Waals surface area contributed by atoms with Crippen molar-refractivity contribution < 1.29 is 0 Å². The van der Waals surface area contributed by atoms with E-state index in [0.717, 1.165) is 19.6 Å². The zero-order valence-corrected chi connectivity index (χ0v) is 12.7. The third-order valence-electron chi connectivity index (χ3n) is 3.87. The minimum atomic E-state index is 0.159. The molecule has 0 spiro atoms. The van der Waals surface area contributed by atoms with Gasteiger partial charge >= 0.3 is 0 Å². The van der Waals surface area contributed by atoms with Crippen LogP contribution in [0.2, 0.25) is 0 Å². The highest BCUT2D eigenvalue weighted by Gasteiger charge is 2.34. The van der Waals surface area contributed by atoms with Crippen molar-refractivity contribution in [2.45, 2.75) is 32.4 Å². The molecular formula is C16H23ClN2. The predicted molar refractivity (Wildman–Crippen MR) is 82.4 cm³/mol. The first-order valence-corrected chi connectivity index (χ1v) is 7.26. The summed E-state index contributed by atoms with van der Waals surface area (Å²) in [6, 6.07) is 11.1. The Kier molecular flexibility index (Phi) is 4.67. The molecule has 0 aromatic heterocycles. The van der Waals surface area contributed by atoms with Crippen LogP contribution in [0, 0.1) is 0 Å². The molecule has 0 aliphatic carbocycles. The summed E-state index contributed by atoms with van der Waals surface area (Å²) >= 11 is 5.81. The molecule has 19 heavy (non-hydrogen) atoms. The lowest BCUT2D eigenvalue weighted by Crippen LogP contribution is -2.59. The number of piperazine rings is 1. The molecule has 1 N–H and O–H groups in total. The molecule has 1 saturated heterocycles. The highest BCUT2D eigenvalue weighted by Crippen LogP contribution is 2.26. The van der Waals surface area contributed by atoms with E-state index in [1.54, 1.807) is 5.54 Å². The fourth-order valence-electron chi connectivity index (χ4n) is 2.54. The Hall–Kier alpha value is -0.830. The molecule has 2 nitrogen and oxygen atoms in total. The molecule has 0 saturated carbocycles. The van der Waals surface area contributed by atoms with Gasteiger partial charge in [-0.15, -0.1) is 0 Å². The molecule has 0 bridgehead atoms. The molecule has 1 aliphatic rings. The molecule has 1 atom stereocenters. The van der Waals surface area contributed by atoms with Gasteiger partial charge in [-0.1, -0.05) is 41.9 Å². The fraction of sp³-hybridized carbons (Fsp3) is 0.500. The Morgan fingerprint density at radius 3 is 2.74 bits per heavy atom. The molecule has 1 aromatic carbocycles. The van der Waals surface area contributed by atoms with E-state index in [2.05, 4.69) is 61.3 Å². The van der Waals surface area contributed by atoms with Crippen molar-refractivity contribution in [3.8, 4) is 0 Å². The van der Waals surface area contributed by atoms with Gasteiger partial charge in [0.2, 0.25) is 0 Å². The highest BCUT2D eigenvalue weighted by molar-refractivity contribution is 6.25. The van der Waals surface area contributed by atoms with Crippen LogP contribution in [-0.4, -0.2) is 30.1 Å². The van der Waals surface area contributed by atoms with Gasteiger partial charge in [-0.2, -0.15) is 0 Å². The SMILES string of the molecule is C/C(=C/Cl)CN1CC(c2ccccc2)NCC1(C)C. The van der Waals surface area contributed by atoms with Crippen LogP contribution < -0.4 is 5.32 Å². The molecule has 1 heterocycles. The Morgan fingerprint density at radius 1 is 1.42 bits per heavy atom. The minimum absolute atomic E-state index is 0.159. The molecule has 1 aromatic rings. The first-order chi connectivity index (χ1) is 9.03. The van der Waals surface area contributed by atoms with Crippen LogP contribution in [0.4, 0.5) is 0 Å². The fourth-order valence-corrected chi connectivity index (χ4v) is 2.61. The summed E-state index contributed by atoms with van der Waals surface area (Å²) in [6.45, 7) is 9.58. The summed E-state index contributed by atoms with van der Waals surface area (Å²) < 4.78 is 0. The van der Waals surface area contributed by atoms with E-state index in [-0.39, 0.29) is 5.54 Å². The van der Waals surface area contributed by atoms with E-state index in [0.29, 0.717) is 6.04 Å². The van der Waals surface area contributed by atoms with Crippen molar-refractivity contribution in [2.75, 3.05) is 19.6 Å². The van der Waals surface area contributed by atoms with Crippen LogP contribution in [0.1, 0.15) is 32.4 Å². The normalized spacial score (nSPS) is 24.4. The quantitative estimate of drug-likeness (QED) is 0.910. The largest absolute Gasteiger partial charge is 0.307 e. The van der Waals surface area contributed by atoms with E-state index in [1.165, 1.54) is 11.1 Å². The van der Waals surface area contributed by atoms with Crippen LogP contribution in [0.15, 0.2) is 41.4 Å². The highest BCUT2D eigenvalue weighted by atomic mass is 35.5. The molecule has 1 unspecified atom stereocenters. The van der Waals surface area contributed by atoms with Crippen LogP contribution in [0.5, 0.6) is 0 Å². The number of hydrogen-bond donors (Lipinski definition) is 1. The Morgan fingerprint density at radius 2 is 2.11 bits per heavy atom. The van der Waals surface area contributed by atoms with Gasteiger partial charge in [0.15, 0.2) is 0 Å². The molecule has 104 valence electrons. The van der Waals surface area contributed by atoms with Gasteiger partial charge in [-0.05, 0) is 31.9 Å². The van der Waals surface area contributed by atoms with Crippen molar-refractivity contribution in [1.82, 2.24) is 10.2 Å². The van der Waals surface area contributed by atoms with E-state index < -0.39 is 0 Å². The Balaban J connectivity index is 2.12. The summed E-state index contributed by atoms with van der Waals surface area (Å²) in [6.07, 6.45) is 0. The summed E-state index contributed by atoms with van der Waals surface area (Å²) in [4.78, 5) is 2.51. The van der Waals surface area contributed by atoms with Gasteiger partial charge in [0, 0.05) is 36.8 Å². The lowest BCUT2D eigenvalue weighted by molar-refractivity contribution is 0.0758. The van der Waals surface area contributed by atoms with Gasteiger partial charge < -0.3 is 5.32 Å². The lowest BCUT2D eigenvalue weighted by Gasteiger charge is -2.46. The number of halogens is 1. The number of nitrogens with one attached hydrogen (secondary N) is 1. The number of nitrogens with zero attached hydrogens (tertiary/aromatic N) is 1. The summed E-state index contributed by atoms with van der Waals surface area (Å²) in [5.74, 6) is 0. The maximum absolute atomic E-state index is 5.81. The van der Waals surface area contributed by atoms with Crippen molar-refractivity contribution in [3.63, 3.8) is 0 Å². The first-order valence-electron chi connectivity index (χ1n) is 6.82. The maximum Gasteiger partial charge on any atom is 0.0450 e. The molecule has 0 radical (unpaired) electrons. The van der Waals surface area contributed by atoms with Gasteiger partial charge in [0.05, 0.1) is 0 Å². The molecule has 0 amide bonds. The predicted octanol–water partition coefficient (Wildman–Crippen LogP) is 3.55. The van der Waals surface area contributed by atoms with E-state index in [1.807, 2.05) is 0 Å². The van der Waals surface area contributed by atoms with Crippen molar-refractivity contribution in [2.24, 2.45) is 0 Å². The monoisotopic (exact) mass is 278 g/mol. The van der Waals surface area contributed by atoms with Crippen molar-refractivity contribution >= 4 is 11.6 Å². The number of hydrogen-bond acceptors (Lipinski definition) is 2. The maximum atomic E-state index is 5.81. The number of rotatable bonds is 3. The van der Waals surface area contributed by atoms with Gasteiger partial charge in [0.1, 0.15) is 0 Å². The second-order valence-electron chi connectivity index (χ2n) is 5.99. The third kappa shape index (κ3) is 3.59. The zero-order chi connectivity index (χ0) is 13.9. The van der Waals surface area contributed by atoms with E-state index in [9.17, 15) is 0 Å². The molecule has 2 rings (SSSR count). The number of benzene rings is 1. The second kappa shape index (κ2) is 6.08. The standard InChI is InChI=1S/C16H23ClN2/c1-13(9-17)10-19-11-15(18-12-16(19,2)3)14-7-5-4-6-8-14/h4-9,15,18H,10-12H2,1-3H3/b13-9-. The second-order valence-corrected chi connectivity index (χ2v) is 6.21. The van der Waals surface area contributed by atoms with Gasteiger partial charge in [0.25, 0.3) is 0 Å². The molecule has 1 fully saturated rings. The smallest absolute Gasteiger partial charge is 0.0450 e. The van der Waals surface area contributed by atoms with Crippen LogP contribution in [-0.2, 0) is 0 Å². The van der Waals surface area contributed by atoms with Crippen LogP contribution in [0.25, 0.3) is 0 Å². The van der Waals surface area contributed by atoms with Crippen LogP contribution in [0.3, 0.4) is 0 Å². The molecular weight excluding hydrogens is 256 g/mol. The lowest BCUT2D eigenvalue weighted by atomic mass is 9.94. The zero-order valence-electron chi connectivity index (χ0n) is 12.0. The Labute approximate surface area is 121 Å². The Bertz CT molecular complexity index is 439. The van der Waals surface area contributed by atoms with E-state index >= 15 is 0 Å². The van der Waals surface area contributed by atoms with Gasteiger partial charge in [-0.25, -0.2) is 0 Å². The molecule has 1 aliphatic heterocycles. The van der Waals surface area contributed by atoms with E-state index in [4.69, 9.17) is 11.6 Å². The first kappa shape index (κ1) is 14.6. The summed E-state index contributed by atoms with van der Waals surface area (Å²) in [5.41, 5.74) is 4.42. The average molecular weight is 279 g/mol. The minimum Gasteiger partial charge on any atom is -0.307 e. The summed E-state index contributed by atoms with van der Waals surface area (Å²) in [7, 11) is 0. The van der Waals surface area contributed by atoms with Crippen molar-refractivity contribution in [3.05, 3.63) is 47.0 Å². The van der Waals surface area contributed by atoms with Gasteiger partial charge in [-0.3, -0.25) is 4.90 Å². The van der Waals surface area contributed by atoms with Crippen LogP contribution >= 0.6 is 11.6 Å². The topological polar surface area (TPSA) is 15.3 Å². The average Bonchev–Trinajstić information content (AvgIpc) is 2.42. The summed E-state index contributed by atoms with van der Waals surface area (Å²) in [5, 5.41) is 3.65.